The van der Waals surface area contributed by atoms with Gasteiger partial charge in [-0.25, -0.2) is 0 Å². The minimum absolute atomic E-state index is 0. The third kappa shape index (κ3) is 2.83. The Bertz CT molecular complexity index is 553. The number of nitrogens with zero attached hydrogens (tertiary/aromatic N) is 3. The van der Waals surface area contributed by atoms with Gasteiger partial charge in [0, 0.05) is 18.8 Å². The summed E-state index contributed by atoms with van der Waals surface area (Å²) in [4.78, 5) is 8.57. The quantitative estimate of drug-likeness (QED) is 0.937. The maximum Gasteiger partial charge on any atom is 0.227 e. The first-order valence-corrected chi connectivity index (χ1v) is 6.69. The fraction of sp³-hybridized carbons (Fsp3) is 0.500. The number of hydrogen-bond acceptors (Lipinski definition) is 5. The summed E-state index contributed by atoms with van der Waals surface area (Å²) < 4.78 is 5.32. The second-order valence-electron chi connectivity index (χ2n) is 5.41. The molecule has 0 aromatic carbocycles. The largest absolute Gasteiger partial charge is 0.339 e. The standard InChI is InChI=1S/C14H18N4O.ClH/c1-10(11-4-2-7-16-9-11)8-12-17-13(18-19-12)14(15)5-3-6-14;/h2,4,7,9-10H,3,5-6,8,15H2,1H3;1H. The number of pyridine rings is 1. The predicted octanol–water partition coefficient (Wildman–Crippen LogP) is 2.57. The van der Waals surface area contributed by atoms with Crippen LogP contribution in [0.4, 0.5) is 0 Å². The van der Waals surface area contributed by atoms with Gasteiger partial charge in [0.2, 0.25) is 5.89 Å². The van der Waals surface area contributed by atoms with Crippen molar-refractivity contribution < 1.29 is 4.52 Å². The summed E-state index contributed by atoms with van der Waals surface area (Å²) in [6, 6.07) is 4.00. The zero-order valence-electron chi connectivity index (χ0n) is 11.5. The van der Waals surface area contributed by atoms with Gasteiger partial charge in [-0.2, -0.15) is 4.98 Å². The number of halogens is 1. The zero-order valence-corrected chi connectivity index (χ0v) is 12.3. The van der Waals surface area contributed by atoms with Crippen molar-refractivity contribution in [3.8, 4) is 0 Å². The molecule has 1 fully saturated rings. The molecule has 2 aromatic heterocycles. The molecule has 3 rings (SSSR count). The average molecular weight is 295 g/mol. The first-order chi connectivity index (χ1) is 9.17. The molecule has 1 saturated carbocycles. The van der Waals surface area contributed by atoms with E-state index in [1.807, 2.05) is 12.3 Å². The maximum atomic E-state index is 6.18. The molecule has 1 aliphatic rings. The molecule has 0 amide bonds. The Balaban J connectivity index is 0.00000147. The molecule has 0 saturated heterocycles. The van der Waals surface area contributed by atoms with E-state index in [9.17, 15) is 0 Å². The van der Waals surface area contributed by atoms with Gasteiger partial charge in [-0.3, -0.25) is 4.98 Å². The number of hydrogen-bond donors (Lipinski definition) is 1. The first-order valence-electron chi connectivity index (χ1n) is 6.69. The molecule has 0 spiro atoms. The Morgan fingerprint density at radius 1 is 1.45 bits per heavy atom. The number of nitrogens with two attached hydrogens (primary N) is 1. The highest BCUT2D eigenvalue weighted by molar-refractivity contribution is 5.85. The van der Waals surface area contributed by atoms with Gasteiger partial charge in [0.05, 0.1) is 5.54 Å². The highest BCUT2D eigenvalue weighted by Gasteiger charge is 2.39. The van der Waals surface area contributed by atoms with E-state index in [1.165, 1.54) is 5.56 Å². The third-order valence-electron chi connectivity index (χ3n) is 3.89. The molecule has 5 nitrogen and oxygen atoms in total. The lowest BCUT2D eigenvalue weighted by atomic mass is 9.77. The summed E-state index contributed by atoms with van der Waals surface area (Å²) in [5, 5.41) is 4.03. The van der Waals surface area contributed by atoms with E-state index in [0.29, 0.717) is 17.6 Å². The lowest BCUT2D eigenvalue weighted by Crippen LogP contribution is -2.44. The van der Waals surface area contributed by atoms with E-state index in [4.69, 9.17) is 10.3 Å². The van der Waals surface area contributed by atoms with Crippen molar-refractivity contribution in [1.29, 1.82) is 0 Å². The molecule has 0 aliphatic heterocycles. The molecule has 20 heavy (non-hydrogen) atoms. The summed E-state index contributed by atoms with van der Waals surface area (Å²) in [6.45, 7) is 2.13. The van der Waals surface area contributed by atoms with E-state index in [-0.39, 0.29) is 17.9 Å². The monoisotopic (exact) mass is 294 g/mol. The lowest BCUT2D eigenvalue weighted by Gasteiger charge is -2.34. The Labute approximate surface area is 124 Å². The second kappa shape index (κ2) is 5.89. The minimum Gasteiger partial charge on any atom is -0.339 e. The van der Waals surface area contributed by atoms with Gasteiger partial charge in [0.15, 0.2) is 5.82 Å². The smallest absolute Gasteiger partial charge is 0.227 e. The Morgan fingerprint density at radius 2 is 2.25 bits per heavy atom. The highest BCUT2D eigenvalue weighted by Crippen LogP contribution is 2.37. The van der Waals surface area contributed by atoms with Crippen molar-refractivity contribution in [3.05, 3.63) is 41.8 Å². The van der Waals surface area contributed by atoms with Crippen molar-refractivity contribution >= 4 is 12.4 Å². The van der Waals surface area contributed by atoms with Gasteiger partial charge >= 0.3 is 0 Å². The van der Waals surface area contributed by atoms with E-state index >= 15 is 0 Å². The fourth-order valence-corrected chi connectivity index (χ4v) is 2.37. The topological polar surface area (TPSA) is 77.8 Å². The average Bonchev–Trinajstić information content (AvgIpc) is 2.86. The normalized spacial score (nSPS) is 17.9. The molecule has 1 atom stereocenters. The van der Waals surface area contributed by atoms with E-state index in [2.05, 4.69) is 28.1 Å². The summed E-state index contributed by atoms with van der Waals surface area (Å²) in [6.07, 6.45) is 7.41. The molecule has 1 aliphatic carbocycles. The van der Waals surface area contributed by atoms with Crippen LogP contribution in [-0.2, 0) is 12.0 Å². The molecule has 0 radical (unpaired) electrons. The molecule has 2 heterocycles. The molecule has 108 valence electrons. The van der Waals surface area contributed by atoms with Gasteiger partial charge in [-0.05, 0) is 36.8 Å². The highest BCUT2D eigenvalue weighted by atomic mass is 35.5. The maximum absolute atomic E-state index is 6.18. The number of aromatic nitrogens is 3. The van der Waals surface area contributed by atoms with E-state index in [1.54, 1.807) is 6.20 Å². The SMILES string of the molecule is CC(Cc1nc(C2(N)CCC2)no1)c1cccnc1.Cl. The van der Waals surface area contributed by atoms with Crippen LogP contribution in [0.2, 0.25) is 0 Å². The van der Waals surface area contributed by atoms with Crippen LogP contribution < -0.4 is 5.73 Å². The predicted molar refractivity (Wildman–Crippen MR) is 77.6 cm³/mol. The van der Waals surface area contributed by atoms with Crippen LogP contribution in [0.1, 0.15) is 49.4 Å². The van der Waals surface area contributed by atoms with Crippen molar-refractivity contribution in [1.82, 2.24) is 15.1 Å². The van der Waals surface area contributed by atoms with Gasteiger partial charge in [0.1, 0.15) is 0 Å². The third-order valence-corrected chi connectivity index (χ3v) is 3.89. The molecular weight excluding hydrogens is 276 g/mol. The molecule has 6 heteroatoms. The van der Waals surface area contributed by atoms with Crippen molar-refractivity contribution in [2.75, 3.05) is 0 Å². The Hall–Kier alpha value is -1.46. The Morgan fingerprint density at radius 3 is 2.85 bits per heavy atom. The molecule has 2 N–H and O–H groups in total. The van der Waals surface area contributed by atoms with Crippen LogP contribution in [0.5, 0.6) is 0 Å². The van der Waals surface area contributed by atoms with Crippen LogP contribution in [0, 0.1) is 0 Å². The summed E-state index contributed by atoms with van der Waals surface area (Å²) >= 11 is 0. The van der Waals surface area contributed by atoms with E-state index in [0.717, 1.165) is 25.7 Å². The van der Waals surface area contributed by atoms with Crippen molar-refractivity contribution in [2.24, 2.45) is 5.73 Å². The molecule has 0 bridgehead atoms. The van der Waals surface area contributed by atoms with Gasteiger partial charge in [0.25, 0.3) is 0 Å². The molecular formula is C14H19ClN4O. The number of rotatable bonds is 4. The first kappa shape index (κ1) is 14.9. The molecule has 1 unspecified atom stereocenters. The van der Waals surface area contributed by atoms with Crippen LogP contribution >= 0.6 is 12.4 Å². The zero-order chi connectivity index (χ0) is 13.3. The van der Waals surface area contributed by atoms with Crippen molar-refractivity contribution in [3.63, 3.8) is 0 Å². The minimum atomic E-state index is -0.348. The van der Waals surface area contributed by atoms with Crippen LogP contribution in [0.3, 0.4) is 0 Å². The lowest BCUT2D eigenvalue weighted by molar-refractivity contribution is 0.229. The van der Waals surface area contributed by atoms with E-state index < -0.39 is 0 Å². The van der Waals surface area contributed by atoms with Gasteiger partial charge in [-0.15, -0.1) is 12.4 Å². The van der Waals surface area contributed by atoms with Crippen LogP contribution in [-0.4, -0.2) is 15.1 Å². The van der Waals surface area contributed by atoms with Gasteiger partial charge < -0.3 is 10.3 Å². The van der Waals surface area contributed by atoms with Crippen molar-refractivity contribution in [2.45, 2.75) is 44.1 Å². The van der Waals surface area contributed by atoms with Crippen LogP contribution in [0.15, 0.2) is 29.0 Å². The summed E-state index contributed by atoms with van der Waals surface area (Å²) in [5.74, 6) is 1.62. The summed E-state index contributed by atoms with van der Waals surface area (Å²) in [7, 11) is 0. The summed E-state index contributed by atoms with van der Waals surface area (Å²) in [5.41, 5.74) is 7.01. The fourth-order valence-electron chi connectivity index (χ4n) is 2.37. The van der Waals surface area contributed by atoms with Gasteiger partial charge in [-0.1, -0.05) is 18.1 Å². The molecule has 2 aromatic rings. The van der Waals surface area contributed by atoms with Crippen LogP contribution in [0.25, 0.3) is 0 Å². The second-order valence-corrected chi connectivity index (χ2v) is 5.41. The Kier molecular flexibility index (Phi) is 4.40.